The number of fused-ring (bicyclic) bond motifs is 3. The van der Waals surface area contributed by atoms with E-state index in [1.54, 1.807) is 55.4 Å². The summed E-state index contributed by atoms with van der Waals surface area (Å²) < 4.78 is 145. The Bertz CT molecular complexity index is 3040. The molecular formula is C87H162O35Se2Si. The number of ether oxygens (including phenoxy) is 24. The predicted octanol–water partition coefficient (Wildman–Crippen LogP) is 6.76. The average Bonchev–Trinajstić information content (AvgIpc) is 1.63. The summed E-state index contributed by atoms with van der Waals surface area (Å²) in [4.78, 5) is 0.287. The maximum atomic E-state index is 10.4. The molecule has 0 aromatic carbocycles. The molecule has 14 unspecified atom stereocenters. The molecule has 14 aliphatic heterocycles. The molecule has 0 radical (unpaired) electrons. The third kappa shape index (κ3) is 30.7. The van der Waals surface area contributed by atoms with Crippen LogP contribution in [0.3, 0.4) is 0 Å². The molecule has 38 heteroatoms. The van der Waals surface area contributed by atoms with Gasteiger partial charge in [-0.2, -0.15) is 0 Å². The van der Waals surface area contributed by atoms with Crippen LogP contribution in [-0.2, 0) is 118 Å². The zero-order valence-electron chi connectivity index (χ0n) is 80.6. The minimum atomic E-state index is -1.91. The van der Waals surface area contributed by atoms with Gasteiger partial charge < -0.3 is 130 Å². The normalized spacial score (nSPS) is 42.4. The fourth-order valence-corrected chi connectivity index (χ4v) is 22.7. The van der Waals surface area contributed by atoms with Crippen LogP contribution in [0.4, 0.5) is 0 Å². The van der Waals surface area contributed by atoms with Gasteiger partial charge in [-0.15, -0.1) is 0 Å². The van der Waals surface area contributed by atoms with Crippen LogP contribution in [0, 0.1) is 5.92 Å². The fraction of sp³-hybridized carbons (Fsp3) is 1.00. The van der Waals surface area contributed by atoms with E-state index in [9.17, 15) is 35.7 Å². The van der Waals surface area contributed by atoms with Crippen molar-refractivity contribution in [1.29, 1.82) is 0 Å². The van der Waals surface area contributed by atoms with Gasteiger partial charge in [0.15, 0.2) is 66.2 Å². The number of rotatable bonds is 13. The Morgan fingerprint density at radius 2 is 0.592 bits per heavy atom. The van der Waals surface area contributed by atoms with Crippen molar-refractivity contribution in [2.45, 2.75) is 481 Å². The second-order valence-corrected chi connectivity index (χ2v) is 51.7. The van der Waals surface area contributed by atoms with Gasteiger partial charge in [0, 0.05) is 5.92 Å². The van der Waals surface area contributed by atoms with Crippen LogP contribution < -0.4 is 0 Å². The maximum absolute atomic E-state index is 10.4. The van der Waals surface area contributed by atoms with Gasteiger partial charge in [0.1, 0.15) is 97.7 Å². The van der Waals surface area contributed by atoms with E-state index in [1.807, 2.05) is 118 Å². The monoisotopic (exact) mass is 1950 g/mol. The Kier molecular flexibility index (Phi) is 37.8. The van der Waals surface area contributed by atoms with Crippen molar-refractivity contribution in [3.05, 3.63) is 0 Å². The Morgan fingerprint density at radius 1 is 0.304 bits per heavy atom. The standard InChI is InChI=1S/C18H36O6Si.C14H26O4.C13H24O5.2C12H22O6.C12H20O4Se.C6H12O4Se/c1-16(2,3)25(8,9)21-11-13-15(24-18(6,7)22-13)14-12(19)10-20-17(4,5)23-14;1-7-10-12(18-14(5,6)16-10)11-9(2)8-15-13(3,4)17-11;1-6-9-11(18-13(4,5)16-9)10-8(14)7-15-12(2,3)17-10;2*1-11(2)15-6-7(14)9(17-11)10-8(5-13)16-12(3,4)18-10;1-11(2)13-5-8-10(16-11)9-7(6-17-8)14-12(3,4)15-9;7-1-4-6(10)5(9)3(8)2-11-4/h12-15,19H,10-11H2,1-9H3;9-12H,7-8H2,1-6H3;8-11,14H,6-7H2,1-5H3;2*7-10,13-14H,5-6H2,1-4H3;7-10H,5-6H2,1-4H3;3-10H,1-2H2/t12?,13?,14-,15-;9?,10-,11+,12?;8?,9-,10+,11?;7?,8?,9-,10-;7?,8-,9+,10?;7?,8?,9-,10-;3?,4?,5-,6-/m1001011/s1. The molecule has 0 amide bonds. The van der Waals surface area contributed by atoms with E-state index in [-0.39, 0.29) is 126 Å². The van der Waals surface area contributed by atoms with Crippen LogP contribution in [0.1, 0.15) is 221 Å². The fourth-order valence-electron chi connectivity index (χ4n) is 16.7. The minimum absolute atomic E-state index is 0.0109. The Balaban J connectivity index is 0.000000182. The van der Waals surface area contributed by atoms with Gasteiger partial charge in [0.05, 0.1) is 71.2 Å². The SMILES string of the molecule is CC1(C)OC2C[Se]C3COC(C)(C)O[C@H]3[C@@H]2O1.CC1(C)OCC(O)[C@H](C2OC(C)(C)O[C@H]2CO)O1.CC1(C)OCC(O)[C@H]([C@@H]2OC(C)(C)OC2CO)O1.CC1(C)OCC(O)[C@H]([C@@H]2OC(C)(C)OC2CO[Si](C)(C)C(C)(C)C)O1.CC[C@@H]1OC(C)(C)OC1[C@@H]1OC(C)(C)OCC1C.CC[C@@H]1OC(C)(C)OC1[C@@H]1OC(C)(C)OCC1O.OCC1[Se]CC(O)[C@@H](O)[C@@H]1O. The molecule has 14 fully saturated rings. The van der Waals surface area contributed by atoms with Crippen molar-refractivity contribution in [2.75, 3.05) is 66.1 Å². The van der Waals surface area contributed by atoms with Crippen LogP contribution in [0.15, 0.2) is 0 Å². The van der Waals surface area contributed by atoms with E-state index in [1.165, 1.54) is 0 Å². The van der Waals surface area contributed by atoms with Gasteiger partial charge in [0.25, 0.3) is 0 Å². The first-order chi connectivity index (χ1) is 57.1. The van der Waals surface area contributed by atoms with Crippen LogP contribution in [0.25, 0.3) is 0 Å². The molecule has 0 spiro atoms. The van der Waals surface area contributed by atoms with Crippen LogP contribution >= 0.6 is 0 Å². The Labute approximate surface area is 756 Å². The van der Waals surface area contributed by atoms with Gasteiger partial charge in [-0.1, -0.05) is 41.5 Å². The molecule has 14 heterocycles. The van der Waals surface area contributed by atoms with E-state index in [4.69, 9.17) is 133 Å². The summed E-state index contributed by atoms with van der Waals surface area (Å²) in [7, 11) is -1.91. The summed E-state index contributed by atoms with van der Waals surface area (Å²) in [6.07, 6.45) is -8.73. The molecule has 0 bridgehead atoms. The van der Waals surface area contributed by atoms with E-state index in [2.05, 4.69) is 47.7 Å². The molecule has 0 aliphatic carbocycles. The van der Waals surface area contributed by atoms with Crippen molar-refractivity contribution < 1.29 is 169 Å². The summed E-state index contributed by atoms with van der Waals surface area (Å²) >= 11 is 0.554. The van der Waals surface area contributed by atoms with Gasteiger partial charge in [-0.25, -0.2) is 0 Å². The summed E-state index contributed by atoms with van der Waals surface area (Å²) in [5.41, 5.74) is 0. The first-order valence-electron chi connectivity index (χ1n) is 44.6. The molecule has 14 saturated heterocycles. The number of hydrogen-bond acceptors (Lipinski definition) is 35. The molecule has 736 valence electrons. The van der Waals surface area contributed by atoms with Gasteiger partial charge in [0.2, 0.25) is 0 Å². The Hall–Kier alpha value is -0.144. The van der Waals surface area contributed by atoms with E-state index in [0.29, 0.717) is 44.2 Å². The number of hydrogen-bond donors (Lipinski definition) is 10. The van der Waals surface area contributed by atoms with Crippen molar-refractivity contribution in [1.82, 2.24) is 0 Å². The summed E-state index contributed by atoms with van der Waals surface area (Å²) in [6, 6.07) is 0. The first-order valence-corrected chi connectivity index (χ1v) is 51.9. The first kappa shape index (κ1) is 110. The van der Waals surface area contributed by atoms with E-state index < -0.39 is 175 Å². The molecule has 0 aromatic heterocycles. The Morgan fingerprint density at radius 3 is 0.944 bits per heavy atom. The quantitative estimate of drug-likeness (QED) is 0.0851. The second-order valence-electron chi connectivity index (χ2n) is 41.6. The van der Waals surface area contributed by atoms with Gasteiger partial charge in [-0.3, -0.25) is 0 Å². The van der Waals surface area contributed by atoms with Crippen molar-refractivity contribution in [3.8, 4) is 0 Å². The van der Waals surface area contributed by atoms with Crippen LogP contribution in [-0.4, -0.2) is 377 Å². The summed E-state index contributed by atoms with van der Waals surface area (Å²) in [6.45, 7) is 64.5. The van der Waals surface area contributed by atoms with E-state index >= 15 is 0 Å². The molecule has 0 saturated carbocycles. The van der Waals surface area contributed by atoms with Gasteiger partial charge in [-0.05, 0) is 169 Å². The topological polar surface area (TPSA) is 433 Å². The van der Waals surface area contributed by atoms with Crippen molar-refractivity contribution in [3.63, 3.8) is 0 Å². The van der Waals surface area contributed by atoms with Crippen molar-refractivity contribution in [2.24, 2.45) is 5.92 Å². The second kappa shape index (κ2) is 42.9. The molecular weight excluding hydrogens is 1790 g/mol. The molecule has 125 heavy (non-hydrogen) atoms. The molecule has 14 rings (SSSR count). The molecule has 35 nitrogen and oxygen atoms in total. The van der Waals surface area contributed by atoms with E-state index in [0.717, 1.165) is 24.8 Å². The number of aliphatic hydroxyl groups is 10. The summed E-state index contributed by atoms with van der Waals surface area (Å²) in [5.74, 6) is -7.65. The summed E-state index contributed by atoms with van der Waals surface area (Å²) in [5, 5.41) is 97.0. The third-order valence-electron chi connectivity index (χ3n) is 23.8. The molecule has 14 aliphatic rings. The van der Waals surface area contributed by atoms with Gasteiger partial charge >= 0.3 is 179 Å². The van der Waals surface area contributed by atoms with Crippen LogP contribution in [0.2, 0.25) is 38.4 Å². The zero-order valence-corrected chi connectivity index (χ0v) is 85.0. The van der Waals surface area contributed by atoms with Crippen LogP contribution in [0.5, 0.6) is 0 Å². The third-order valence-corrected chi connectivity index (χ3v) is 34.0. The number of aliphatic hydroxyl groups excluding tert-OH is 10. The average molecular weight is 1950 g/mol. The van der Waals surface area contributed by atoms with Crippen molar-refractivity contribution >= 4 is 38.2 Å². The zero-order chi connectivity index (χ0) is 94.2. The molecule has 10 N–H and O–H groups in total. The predicted molar refractivity (Wildman–Crippen MR) is 457 cm³/mol. The molecule has 28 atom stereocenters. The molecule has 0 aromatic rings.